The molecule has 2 aromatic rings. The summed E-state index contributed by atoms with van der Waals surface area (Å²) >= 11 is 2.95. The Hall–Kier alpha value is -1.39. The summed E-state index contributed by atoms with van der Waals surface area (Å²) in [5.74, 6) is 1.33. The van der Waals surface area contributed by atoms with Gasteiger partial charge in [-0.25, -0.2) is 8.42 Å². The van der Waals surface area contributed by atoms with E-state index >= 15 is 0 Å². The van der Waals surface area contributed by atoms with Gasteiger partial charge in [-0.15, -0.1) is 11.3 Å². The molecule has 0 radical (unpaired) electrons. The molecule has 9 heteroatoms. The molecule has 29 heavy (non-hydrogen) atoms. The molecule has 6 nitrogen and oxygen atoms in total. The molecule has 4 rings (SSSR count). The maximum Gasteiger partial charge on any atom is 0.265 e. The SMILES string of the molecule is CC1CN(C(=O)c2sccc2S(=O)(=O)N2CCSCC2)CC(c2ccccc2)O1. The first-order chi connectivity index (χ1) is 14.0. The molecule has 0 saturated carbocycles. The zero-order valence-corrected chi connectivity index (χ0v) is 18.6. The van der Waals surface area contributed by atoms with Gasteiger partial charge in [-0.05, 0) is 23.9 Å². The molecule has 2 atom stereocenters. The fourth-order valence-electron chi connectivity index (χ4n) is 3.70. The second-order valence-electron chi connectivity index (χ2n) is 7.19. The molecule has 156 valence electrons. The second kappa shape index (κ2) is 8.77. The molecule has 2 aliphatic rings. The number of rotatable bonds is 4. The topological polar surface area (TPSA) is 66.9 Å². The molecule has 0 N–H and O–H groups in total. The summed E-state index contributed by atoms with van der Waals surface area (Å²) in [6, 6.07) is 11.4. The van der Waals surface area contributed by atoms with E-state index in [1.807, 2.05) is 37.3 Å². The van der Waals surface area contributed by atoms with Crippen molar-refractivity contribution in [1.82, 2.24) is 9.21 Å². The fourth-order valence-corrected chi connectivity index (χ4v) is 7.63. The third kappa shape index (κ3) is 4.39. The monoisotopic (exact) mass is 452 g/mol. The summed E-state index contributed by atoms with van der Waals surface area (Å²) in [6.07, 6.45) is -0.347. The molecule has 1 aromatic carbocycles. The van der Waals surface area contributed by atoms with Crippen LogP contribution in [0.4, 0.5) is 0 Å². The first-order valence-electron chi connectivity index (χ1n) is 9.62. The number of nitrogens with zero attached hydrogens (tertiary/aromatic N) is 2. The van der Waals surface area contributed by atoms with Gasteiger partial charge in [0, 0.05) is 31.1 Å². The van der Waals surface area contributed by atoms with Crippen LogP contribution >= 0.6 is 23.1 Å². The van der Waals surface area contributed by atoms with Crippen molar-refractivity contribution in [3.63, 3.8) is 0 Å². The highest BCUT2D eigenvalue weighted by Gasteiger charge is 2.35. The average Bonchev–Trinajstić information content (AvgIpc) is 3.25. The van der Waals surface area contributed by atoms with Crippen LogP contribution in [0.1, 0.15) is 28.3 Å². The number of ether oxygens (including phenoxy) is 1. The first kappa shape index (κ1) is 20.9. The lowest BCUT2D eigenvalue weighted by Gasteiger charge is -2.37. The lowest BCUT2D eigenvalue weighted by molar-refractivity contribution is -0.0691. The van der Waals surface area contributed by atoms with E-state index in [2.05, 4.69) is 0 Å². The number of thioether (sulfide) groups is 1. The number of carbonyl (C=O) groups excluding carboxylic acids is 1. The van der Waals surface area contributed by atoms with E-state index in [-0.39, 0.29) is 23.0 Å². The molecule has 2 aliphatic heterocycles. The zero-order valence-electron chi connectivity index (χ0n) is 16.2. The predicted octanol–water partition coefficient (Wildman–Crippen LogP) is 3.09. The molecular formula is C20H24N2O4S3. The van der Waals surface area contributed by atoms with Crippen LogP contribution < -0.4 is 0 Å². The Kier molecular flexibility index (Phi) is 6.31. The van der Waals surface area contributed by atoms with Crippen molar-refractivity contribution >= 4 is 39.0 Å². The Morgan fingerprint density at radius 1 is 1.10 bits per heavy atom. The summed E-state index contributed by atoms with van der Waals surface area (Å²) in [5, 5.41) is 1.69. The highest BCUT2D eigenvalue weighted by Crippen LogP contribution is 2.31. The van der Waals surface area contributed by atoms with Gasteiger partial charge in [0.25, 0.3) is 5.91 Å². The quantitative estimate of drug-likeness (QED) is 0.713. The third-order valence-electron chi connectivity index (χ3n) is 5.13. The largest absolute Gasteiger partial charge is 0.367 e. The van der Waals surface area contributed by atoms with Crippen molar-refractivity contribution in [2.75, 3.05) is 37.7 Å². The Morgan fingerprint density at radius 3 is 2.55 bits per heavy atom. The first-order valence-corrected chi connectivity index (χ1v) is 13.1. The molecule has 0 spiro atoms. The van der Waals surface area contributed by atoms with Crippen molar-refractivity contribution in [2.45, 2.75) is 24.0 Å². The van der Waals surface area contributed by atoms with E-state index in [4.69, 9.17) is 4.74 Å². The van der Waals surface area contributed by atoms with E-state index in [0.29, 0.717) is 31.1 Å². The number of hydrogen-bond donors (Lipinski definition) is 0. The molecule has 1 amide bonds. The van der Waals surface area contributed by atoms with Gasteiger partial charge < -0.3 is 9.64 Å². The van der Waals surface area contributed by atoms with E-state index in [1.54, 1.807) is 28.1 Å². The Balaban J connectivity index is 1.58. The number of amides is 1. The van der Waals surface area contributed by atoms with Crippen LogP contribution in [0.2, 0.25) is 0 Å². The molecule has 2 fully saturated rings. The highest BCUT2D eigenvalue weighted by atomic mass is 32.2. The molecule has 0 aliphatic carbocycles. The number of sulfonamides is 1. The molecular weight excluding hydrogens is 428 g/mol. The average molecular weight is 453 g/mol. The van der Waals surface area contributed by atoms with Gasteiger partial charge in [-0.3, -0.25) is 4.79 Å². The maximum absolute atomic E-state index is 13.3. The van der Waals surface area contributed by atoms with Gasteiger partial charge in [0.05, 0.1) is 12.6 Å². The lowest BCUT2D eigenvalue weighted by atomic mass is 10.1. The number of benzene rings is 1. The molecule has 2 unspecified atom stereocenters. The van der Waals surface area contributed by atoms with Crippen molar-refractivity contribution in [3.05, 3.63) is 52.2 Å². The van der Waals surface area contributed by atoms with E-state index in [1.165, 1.54) is 15.6 Å². The maximum atomic E-state index is 13.3. The lowest BCUT2D eigenvalue weighted by Crippen LogP contribution is -2.46. The molecule has 0 bridgehead atoms. The third-order valence-corrected chi connectivity index (χ3v) is 9.05. The van der Waals surface area contributed by atoms with Gasteiger partial charge in [0.2, 0.25) is 10.0 Å². The minimum atomic E-state index is -3.66. The fraction of sp³-hybridized carbons (Fsp3) is 0.450. The van der Waals surface area contributed by atoms with Crippen LogP contribution in [-0.2, 0) is 14.8 Å². The van der Waals surface area contributed by atoms with Crippen molar-refractivity contribution in [1.29, 1.82) is 0 Å². The number of thiophene rings is 1. The van der Waals surface area contributed by atoms with Crippen LogP contribution in [-0.4, -0.2) is 67.3 Å². The minimum absolute atomic E-state index is 0.128. The van der Waals surface area contributed by atoms with Gasteiger partial charge in [-0.2, -0.15) is 16.1 Å². The molecule has 3 heterocycles. The standard InChI is InChI=1S/C20H24N2O4S3/c1-15-13-21(14-17(26-15)16-5-3-2-4-6-16)20(23)19-18(7-10-28-19)29(24,25)22-8-11-27-12-9-22/h2-7,10,15,17H,8-9,11-14H2,1H3. The van der Waals surface area contributed by atoms with Crippen LogP contribution in [0.3, 0.4) is 0 Å². The Morgan fingerprint density at radius 2 is 1.83 bits per heavy atom. The van der Waals surface area contributed by atoms with Gasteiger partial charge in [-0.1, -0.05) is 30.3 Å². The number of hydrogen-bond acceptors (Lipinski definition) is 6. The minimum Gasteiger partial charge on any atom is -0.367 e. The smallest absolute Gasteiger partial charge is 0.265 e. The van der Waals surface area contributed by atoms with Crippen LogP contribution in [0.5, 0.6) is 0 Å². The van der Waals surface area contributed by atoms with Crippen molar-refractivity contribution in [3.8, 4) is 0 Å². The van der Waals surface area contributed by atoms with Gasteiger partial charge in [0.15, 0.2) is 0 Å². The van der Waals surface area contributed by atoms with E-state index in [0.717, 1.165) is 17.1 Å². The highest BCUT2D eigenvalue weighted by molar-refractivity contribution is 7.99. The van der Waals surface area contributed by atoms with Crippen molar-refractivity contribution < 1.29 is 17.9 Å². The van der Waals surface area contributed by atoms with Crippen LogP contribution in [0, 0.1) is 0 Å². The molecule has 1 aromatic heterocycles. The van der Waals surface area contributed by atoms with Gasteiger partial charge in [0.1, 0.15) is 15.9 Å². The number of morpholine rings is 1. The van der Waals surface area contributed by atoms with Crippen LogP contribution in [0.25, 0.3) is 0 Å². The normalized spacial score (nSPS) is 23.8. The van der Waals surface area contributed by atoms with Gasteiger partial charge >= 0.3 is 0 Å². The van der Waals surface area contributed by atoms with Crippen molar-refractivity contribution in [2.24, 2.45) is 0 Å². The summed E-state index contributed by atoms with van der Waals surface area (Å²) in [7, 11) is -3.66. The second-order valence-corrected chi connectivity index (χ2v) is 11.2. The molecule has 2 saturated heterocycles. The summed E-state index contributed by atoms with van der Waals surface area (Å²) < 4.78 is 33.8. The Labute approximate surface area is 179 Å². The summed E-state index contributed by atoms with van der Waals surface area (Å²) in [5.41, 5.74) is 1.02. The summed E-state index contributed by atoms with van der Waals surface area (Å²) in [6.45, 7) is 3.76. The van der Waals surface area contributed by atoms with E-state index in [9.17, 15) is 13.2 Å². The van der Waals surface area contributed by atoms with Crippen LogP contribution in [0.15, 0.2) is 46.7 Å². The summed E-state index contributed by atoms with van der Waals surface area (Å²) in [4.78, 5) is 15.5. The van der Waals surface area contributed by atoms with E-state index < -0.39 is 10.0 Å². The Bertz CT molecular complexity index is 955. The predicted molar refractivity (Wildman–Crippen MR) is 116 cm³/mol. The number of carbonyl (C=O) groups is 1. The zero-order chi connectivity index (χ0) is 20.4.